The quantitative estimate of drug-likeness (QED) is 0.139. The molecule has 0 N–H and O–H groups in total. The SMILES string of the molecule is CCCCN1C(=O)C(=O)N(c2ccc(N3CCN(c4ccc(OCC5COC(Cn6cncn6)(c6ccc(Cl)cc6Cl)O5)cc4)CC3)cc2)C1=O. The van der Waals surface area contributed by atoms with E-state index >= 15 is 0 Å². The lowest BCUT2D eigenvalue weighted by atomic mass is 10.1. The number of carbonyl (C=O) groups is 3. The summed E-state index contributed by atoms with van der Waals surface area (Å²) in [5.74, 6) is -2.05. The van der Waals surface area contributed by atoms with Gasteiger partial charge in [-0.3, -0.25) is 14.5 Å². The summed E-state index contributed by atoms with van der Waals surface area (Å²) in [4.78, 5) is 48.4. The number of urea groups is 1. The summed E-state index contributed by atoms with van der Waals surface area (Å²) in [6.07, 6.45) is 4.16. The maximum absolute atomic E-state index is 12.8. The van der Waals surface area contributed by atoms with E-state index in [-0.39, 0.29) is 25.8 Å². The first kappa shape index (κ1) is 34.7. The summed E-state index contributed by atoms with van der Waals surface area (Å²) in [5.41, 5.74) is 3.11. The zero-order valence-electron chi connectivity index (χ0n) is 28.0. The summed E-state index contributed by atoms with van der Waals surface area (Å²) in [7, 11) is 0. The summed E-state index contributed by atoms with van der Waals surface area (Å²) in [5, 5.41) is 5.16. The molecule has 13 nitrogen and oxygen atoms in total. The lowest BCUT2D eigenvalue weighted by Crippen LogP contribution is -2.46. The molecule has 0 radical (unpaired) electrons. The Labute approximate surface area is 305 Å². The molecule has 3 aliphatic heterocycles. The highest BCUT2D eigenvalue weighted by Gasteiger charge is 2.46. The number of imide groups is 2. The standard InChI is InChI=1S/C36H37Cl2N7O6/c1-2-3-14-44-33(46)34(47)45(35(44)48)28-7-5-26(6-8-28)41-15-17-42(18-16-41)27-9-11-29(12-10-27)49-20-30-21-50-36(51-30,22-43-24-39-23-40-43)31-13-4-25(37)19-32(31)38/h4-13,19,23-24,30H,2-3,14-18,20-22H2,1H3. The van der Waals surface area contributed by atoms with Crippen LogP contribution in [0.15, 0.2) is 79.4 Å². The number of rotatable bonds is 12. The van der Waals surface area contributed by atoms with Crippen LogP contribution in [0.25, 0.3) is 0 Å². The first-order valence-electron chi connectivity index (χ1n) is 16.9. The lowest BCUT2D eigenvalue weighted by molar-refractivity contribution is -0.190. The van der Waals surface area contributed by atoms with Gasteiger partial charge in [-0.15, -0.1) is 0 Å². The van der Waals surface area contributed by atoms with Crippen molar-refractivity contribution >= 4 is 58.1 Å². The molecule has 3 fully saturated rings. The van der Waals surface area contributed by atoms with Crippen molar-refractivity contribution in [3.63, 3.8) is 0 Å². The van der Waals surface area contributed by atoms with Gasteiger partial charge in [-0.2, -0.15) is 5.10 Å². The Hall–Kier alpha value is -4.69. The topological polar surface area (TPSA) is 123 Å². The monoisotopic (exact) mass is 733 g/mol. The summed E-state index contributed by atoms with van der Waals surface area (Å²) < 4.78 is 20.5. The molecule has 3 aliphatic rings. The van der Waals surface area contributed by atoms with Crippen LogP contribution in [0.3, 0.4) is 0 Å². The number of hydrogen-bond donors (Lipinski definition) is 0. The summed E-state index contributed by atoms with van der Waals surface area (Å²) in [6.45, 7) is 6.21. The van der Waals surface area contributed by atoms with Crippen molar-refractivity contribution in [3.8, 4) is 5.75 Å². The molecule has 0 spiro atoms. The van der Waals surface area contributed by atoms with Crippen molar-refractivity contribution in [1.29, 1.82) is 0 Å². The average Bonchev–Trinajstić information content (AvgIpc) is 3.86. The fraction of sp³-hybridized carbons (Fsp3) is 0.361. The van der Waals surface area contributed by atoms with Crippen molar-refractivity contribution in [2.45, 2.75) is 38.2 Å². The molecule has 0 saturated carbocycles. The minimum atomic E-state index is -1.18. The van der Waals surface area contributed by atoms with Gasteiger partial charge in [0, 0.05) is 54.7 Å². The highest BCUT2D eigenvalue weighted by atomic mass is 35.5. The second-order valence-corrected chi connectivity index (χ2v) is 13.4. The van der Waals surface area contributed by atoms with Gasteiger partial charge in [-0.25, -0.2) is 19.4 Å². The molecule has 4 aromatic rings. The number of halogens is 2. The van der Waals surface area contributed by atoms with Crippen LogP contribution in [0.4, 0.5) is 21.9 Å². The van der Waals surface area contributed by atoms with E-state index in [0.717, 1.165) is 53.8 Å². The molecule has 3 saturated heterocycles. The van der Waals surface area contributed by atoms with E-state index in [4.69, 9.17) is 37.4 Å². The van der Waals surface area contributed by atoms with E-state index in [1.165, 1.54) is 6.33 Å². The van der Waals surface area contributed by atoms with E-state index in [0.29, 0.717) is 40.1 Å². The van der Waals surface area contributed by atoms with Crippen LogP contribution >= 0.6 is 23.2 Å². The van der Waals surface area contributed by atoms with Crippen LogP contribution in [0.1, 0.15) is 25.3 Å². The van der Waals surface area contributed by atoms with Gasteiger partial charge in [0.25, 0.3) is 0 Å². The van der Waals surface area contributed by atoms with E-state index in [9.17, 15) is 14.4 Å². The van der Waals surface area contributed by atoms with E-state index in [1.54, 1.807) is 41.3 Å². The predicted octanol–water partition coefficient (Wildman–Crippen LogP) is 5.35. The lowest BCUT2D eigenvalue weighted by Gasteiger charge is -2.37. The molecule has 51 heavy (non-hydrogen) atoms. The number of hydrogen-bond acceptors (Lipinski definition) is 10. The Bertz CT molecular complexity index is 1870. The van der Waals surface area contributed by atoms with Gasteiger partial charge in [-0.05, 0) is 67.1 Å². The fourth-order valence-electron chi connectivity index (χ4n) is 6.51. The van der Waals surface area contributed by atoms with Crippen LogP contribution in [-0.4, -0.2) is 89.6 Å². The zero-order valence-corrected chi connectivity index (χ0v) is 29.5. The predicted molar refractivity (Wildman–Crippen MR) is 191 cm³/mol. The highest BCUT2D eigenvalue weighted by molar-refractivity contribution is 6.52. The number of anilines is 3. The Balaban J connectivity index is 0.916. The van der Waals surface area contributed by atoms with Gasteiger partial charge in [-0.1, -0.05) is 42.6 Å². The van der Waals surface area contributed by atoms with Gasteiger partial charge in [0.1, 0.15) is 37.7 Å². The second-order valence-electron chi connectivity index (χ2n) is 12.5. The third-order valence-electron chi connectivity index (χ3n) is 9.22. The Morgan fingerprint density at radius 3 is 2.18 bits per heavy atom. The normalized spacial score (nSPS) is 20.9. The first-order valence-corrected chi connectivity index (χ1v) is 17.6. The summed E-state index contributed by atoms with van der Waals surface area (Å²) in [6, 6.07) is 19.8. The number of aromatic nitrogens is 3. The fourth-order valence-corrected chi connectivity index (χ4v) is 7.06. The highest BCUT2D eigenvalue weighted by Crippen LogP contribution is 2.40. The van der Waals surface area contributed by atoms with Crippen molar-refractivity contribution in [2.75, 3.05) is 60.6 Å². The van der Waals surface area contributed by atoms with Gasteiger partial charge >= 0.3 is 17.8 Å². The van der Waals surface area contributed by atoms with Gasteiger partial charge < -0.3 is 24.0 Å². The number of piperazine rings is 1. The number of carbonyl (C=O) groups excluding carboxylic acids is 3. The molecule has 7 rings (SSSR count). The molecular formula is C36H37Cl2N7O6. The number of amides is 4. The van der Waals surface area contributed by atoms with Crippen molar-refractivity contribution in [1.82, 2.24) is 19.7 Å². The van der Waals surface area contributed by atoms with Crippen LogP contribution in [-0.2, 0) is 31.4 Å². The number of nitrogens with zero attached hydrogens (tertiary/aromatic N) is 7. The molecule has 1 aromatic heterocycles. The molecule has 0 aliphatic carbocycles. The van der Waals surface area contributed by atoms with Gasteiger partial charge in [0.05, 0.1) is 17.3 Å². The van der Waals surface area contributed by atoms with E-state index in [2.05, 4.69) is 19.9 Å². The van der Waals surface area contributed by atoms with Crippen LogP contribution < -0.4 is 19.4 Å². The molecule has 3 aromatic carbocycles. The van der Waals surface area contributed by atoms with Gasteiger partial charge in [0.2, 0.25) is 5.79 Å². The van der Waals surface area contributed by atoms with Crippen molar-refractivity contribution in [2.24, 2.45) is 0 Å². The second kappa shape index (κ2) is 14.9. The first-order chi connectivity index (χ1) is 24.7. The molecule has 4 heterocycles. The minimum Gasteiger partial charge on any atom is -0.491 e. The minimum absolute atomic E-state index is 0.244. The third-order valence-corrected chi connectivity index (χ3v) is 9.76. The molecule has 266 valence electrons. The Kier molecular flexibility index (Phi) is 10.1. The van der Waals surface area contributed by atoms with E-state index < -0.39 is 23.6 Å². The van der Waals surface area contributed by atoms with E-state index in [1.807, 2.05) is 43.3 Å². The zero-order chi connectivity index (χ0) is 35.5. The smallest absolute Gasteiger partial charge is 0.338 e. The molecule has 15 heteroatoms. The molecule has 2 atom stereocenters. The Morgan fingerprint density at radius 2 is 1.55 bits per heavy atom. The molecule has 4 amide bonds. The summed E-state index contributed by atoms with van der Waals surface area (Å²) >= 11 is 12.7. The molecule has 2 unspecified atom stereocenters. The Morgan fingerprint density at radius 1 is 0.882 bits per heavy atom. The van der Waals surface area contributed by atoms with Crippen LogP contribution in [0.5, 0.6) is 5.75 Å². The number of benzene rings is 3. The van der Waals surface area contributed by atoms with Crippen molar-refractivity contribution < 1.29 is 28.6 Å². The van der Waals surface area contributed by atoms with Crippen LogP contribution in [0.2, 0.25) is 10.0 Å². The number of ether oxygens (including phenoxy) is 3. The average molecular weight is 735 g/mol. The third kappa shape index (κ3) is 7.24. The maximum atomic E-state index is 12.8. The van der Waals surface area contributed by atoms with Crippen molar-refractivity contribution in [3.05, 3.63) is 95.0 Å². The molecule has 0 bridgehead atoms. The largest absolute Gasteiger partial charge is 0.491 e. The number of unbranched alkanes of at least 4 members (excludes halogenated alkanes) is 1. The molecular weight excluding hydrogens is 697 g/mol. The van der Waals surface area contributed by atoms with Crippen LogP contribution in [0, 0.1) is 0 Å². The van der Waals surface area contributed by atoms with Gasteiger partial charge in [0.15, 0.2) is 0 Å². The maximum Gasteiger partial charge on any atom is 0.338 e.